The molecule has 5 aliphatic rings. The van der Waals surface area contributed by atoms with E-state index in [1.807, 2.05) is 16.2 Å². The zero-order valence-electron chi connectivity index (χ0n) is 22.1. The molecule has 0 aliphatic heterocycles. The molecule has 4 nitrogen and oxygen atoms in total. The van der Waals surface area contributed by atoms with E-state index in [1.54, 1.807) is 11.8 Å². The highest BCUT2D eigenvalue weighted by molar-refractivity contribution is 8.00. The van der Waals surface area contributed by atoms with Crippen LogP contribution in [0.3, 0.4) is 0 Å². The van der Waals surface area contributed by atoms with Crippen LogP contribution in [-0.2, 0) is 23.1 Å². The van der Waals surface area contributed by atoms with E-state index in [1.165, 1.54) is 72.0 Å². The standard InChI is InChI=1S/C29H41N3OS2/c1-16(2)32(17(3)4)24(33)15-34-26-25-22-7-6-18(5)8-23(22)35-27(25)31-28(30-26)29-12-19-9-20(13-29)11-21(10-19)14-29/h16-21H,6-15H2,1-5H3/t18-,19?,20?,21?,29?/m1/s1. The molecular weight excluding hydrogens is 470 g/mol. The van der Waals surface area contributed by atoms with Crippen molar-refractivity contribution in [1.82, 2.24) is 14.9 Å². The van der Waals surface area contributed by atoms with E-state index in [0.717, 1.165) is 40.9 Å². The van der Waals surface area contributed by atoms with Crippen molar-refractivity contribution < 1.29 is 4.79 Å². The fourth-order valence-electron chi connectivity index (χ4n) is 8.41. The fraction of sp³-hybridized carbons (Fsp3) is 0.759. The smallest absolute Gasteiger partial charge is 0.233 e. The molecular formula is C29H41N3OS2. The molecule has 2 aromatic heterocycles. The number of hydrogen-bond acceptors (Lipinski definition) is 5. The van der Waals surface area contributed by atoms with E-state index in [9.17, 15) is 4.79 Å². The van der Waals surface area contributed by atoms with Crippen LogP contribution in [0.5, 0.6) is 0 Å². The van der Waals surface area contributed by atoms with Crippen molar-refractivity contribution in [2.75, 3.05) is 5.75 Å². The maximum Gasteiger partial charge on any atom is 0.233 e. The zero-order chi connectivity index (χ0) is 24.5. The van der Waals surface area contributed by atoms with Crippen LogP contribution in [0.1, 0.15) is 95.8 Å². The average Bonchev–Trinajstić information content (AvgIpc) is 3.13. The second-order valence-electron chi connectivity index (χ2n) is 12.9. The lowest BCUT2D eigenvalue weighted by molar-refractivity contribution is -0.131. The lowest BCUT2D eigenvalue weighted by atomic mass is 9.49. The van der Waals surface area contributed by atoms with Gasteiger partial charge in [0.2, 0.25) is 5.91 Å². The van der Waals surface area contributed by atoms with Gasteiger partial charge < -0.3 is 4.90 Å². The highest BCUT2D eigenvalue weighted by Crippen LogP contribution is 2.60. The van der Waals surface area contributed by atoms with E-state index in [2.05, 4.69) is 34.6 Å². The molecule has 0 N–H and O–H groups in total. The number of nitrogens with zero attached hydrogens (tertiary/aromatic N) is 3. The highest BCUT2D eigenvalue weighted by atomic mass is 32.2. The SMILES string of the molecule is CC(C)N(C(=O)CSc1nc(C23CC4CC(CC(C4)C2)C3)nc2sc3c(c12)CC[C@@H](C)C3)C(C)C. The molecule has 6 heteroatoms. The Balaban J connectivity index is 1.39. The summed E-state index contributed by atoms with van der Waals surface area (Å²) in [6.07, 6.45) is 11.7. The Morgan fingerprint density at radius 3 is 2.29 bits per heavy atom. The second-order valence-corrected chi connectivity index (χ2v) is 14.9. The molecule has 0 aromatic carbocycles. The summed E-state index contributed by atoms with van der Waals surface area (Å²) in [5.74, 6) is 5.18. The van der Waals surface area contributed by atoms with Crippen LogP contribution in [0.15, 0.2) is 5.03 Å². The van der Waals surface area contributed by atoms with Crippen LogP contribution in [0.25, 0.3) is 10.2 Å². The highest BCUT2D eigenvalue weighted by Gasteiger charge is 2.53. The van der Waals surface area contributed by atoms with Crippen LogP contribution in [0, 0.1) is 23.7 Å². The molecule has 190 valence electrons. The number of aryl methyl sites for hydroxylation is 1. The summed E-state index contributed by atoms with van der Waals surface area (Å²) in [6.45, 7) is 10.8. The first-order valence-electron chi connectivity index (χ1n) is 14.0. The van der Waals surface area contributed by atoms with Gasteiger partial charge in [0.05, 0.1) is 5.75 Å². The van der Waals surface area contributed by atoms with Crippen molar-refractivity contribution in [3.8, 4) is 0 Å². The van der Waals surface area contributed by atoms with E-state index in [0.29, 0.717) is 5.75 Å². The van der Waals surface area contributed by atoms with Gasteiger partial charge in [-0.1, -0.05) is 18.7 Å². The van der Waals surface area contributed by atoms with Gasteiger partial charge in [0.1, 0.15) is 15.7 Å². The largest absolute Gasteiger partial charge is 0.337 e. The molecule has 2 aromatic rings. The number of amides is 1. The Bertz CT molecular complexity index is 1090. The number of aromatic nitrogens is 2. The van der Waals surface area contributed by atoms with Gasteiger partial charge >= 0.3 is 0 Å². The maximum absolute atomic E-state index is 13.3. The summed E-state index contributed by atoms with van der Waals surface area (Å²) in [7, 11) is 0. The number of hydrogen-bond donors (Lipinski definition) is 0. The van der Waals surface area contributed by atoms with Gasteiger partial charge in [-0.3, -0.25) is 4.79 Å². The van der Waals surface area contributed by atoms with Crippen molar-refractivity contribution in [3.05, 3.63) is 16.3 Å². The Morgan fingerprint density at radius 2 is 1.69 bits per heavy atom. The van der Waals surface area contributed by atoms with Crippen molar-refractivity contribution in [2.45, 2.75) is 115 Å². The van der Waals surface area contributed by atoms with E-state index < -0.39 is 0 Å². The molecule has 0 saturated heterocycles. The summed E-state index contributed by atoms with van der Waals surface area (Å²) < 4.78 is 0. The molecule has 7 rings (SSSR count). The molecule has 0 radical (unpaired) electrons. The maximum atomic E-state index is 13.3. The van der Waals surface area contributed by atoms with Crippen molar-refractivity contribution in [1.29, 1.82) is 0 Å². The minimum Gasteiger partial charge on any atom is -0.337 e. The van der Waals surface area contributed by atoms with Gasteiger partial charge in [-0.05, 0) is 115 Å². The molecule has 5 aliphatic carbocycles. The Morgan fingerprint density at radius 1 is 1.06 bits per heavy atom. The van der Waals surface area contributed by atoms with Crippen molar-refractivity contribution >= 4 is 39.2 Å². The zero-order valence-corrected chi connectivity index (χ0v) is 23.7. The van der Waals surface area contributed by atoms with Crippen LogP contribution < -0.4 is 0 Å². The van der Waals surface area contributed by atoms with Gasteiger partial charge in [0.25, 0.3) is 0 Å². The van der Waals surface area contributed by atoms with Crippen molar-refractivity contribution in [3.63, 3.8) is 0 Å². The number of thiophene rings is 1. The summed E-state index contributed by atoms with van der Waals surface area (Å²) in [5, 5.41) is 2.37. The first kappa shape index (κ1) is 24.2. The normalized spacial score (nSPS) is 31.5. The quantitative estimate of drug-likeness (QED) is 0.309. The molecule has 4 fully saturated rings. The number of thioether (sulfide) groups is 1. The monoisotopic (exact) mass is 511 g/mol. The summed E-state index contributed by atoms with van der Waals surface area (Å²) in [4.78, 5) is 28.8. The predicted octanol–water partition coefficient (Wildman–Crippen LogP) is 7.02. The molecule has 4 bridgehead atoms. The average molecular weight is 512 g/mol. The van der Waals surface area contributed by atoms with E-state index >= 15 is 0 Å². The van der Waals surface area contributed by atoms with E-state index in [4.69, 9.17) is 9.97 Å². The number of carbonyl (C=O) groups excluding carboxylic acids is 1. The van der Waals surface area contributed by atoms with Gasteiger partial charge in [0, 0.05) is 27.8 Å². The molecule has 2 heterocycles. The second kappa shape index (κ2) is 9.01. The minimum atomic E-state index is 0.182. The van der Waals surface area contributed by atoms with Gasteiger partial charge in [-0.2, -0.15) is 0 Å². The molecule has 0 spiro atoms. The molecule has 1 atom stereocenters. The minimum absolute atomic E-state index is 0.182. The number of fused-ring (bicyclic) bond motifs is 3. The third-order valence-electron chi connectivity index (χ3n) is 9.37. The number of carbonyl (C=O) groups is 1. The fourth-order valence-corrected chi connectivity index (χ4v) is 10.8. The Kier molecular flexibility index (Phi) is 6.23. The van der Waals surface area contributed by atoms with Crippen LogP contribution >= 0.6 is 23.1 Å². The van der Waals surface area contributed by atoms with Crippen LogP contribution in [0.4, 0.5) is 0 Å². The lowest BCUT2D eigenvalue weighted by Crippen LogP contribution is -2.49. The molecule has 1 amide bonds. The third kappa shape index (κ3) is 4.24. The predicted molar refractivity (Wildman–Crippen MR) is 146 cm³/mol. The van der Waals surface area contributed by atoms with Gasteiger partial charge in [-0.25, -0.2) is 9.97 Å². The topological polar surface area (TPSA) is 46.1 Å². The van der Waals surface area contributed by atoms with Gasteiger partial charge in [0.15, 0.2) is 0 Å². The summed E-state index contributed by atoms with van der Waals surface area (Å²) >= 11 is 3.61. The summed E-state index contributed by atoms with van der Waals surface area (Å²) in [5.41, 5.74) is 1.67. The van der Waals surface area contributed by atoms with Crippen LogP contribution in [0.2, 0.25) is 0 Å². The van der Waals surface area contributed by atoms with E-state index in [-0.39, 0.29) is 23.4 Å². The van der Waals surface area contributed by atoms with Crippen LogP contribution in [-0.4, -0.2) is 38.6 Å². The number of rotatable bonds is 6. The lowest BCUT2D eigenvalue weighted by Gasteiger charge is -2.56. The summed E-state index contributed by atoms with van der Waals surface area (Å²) in [6, 6.07) is 0.429. The third-order valence-corrected chi connectivity index (χ3v) is 11.5. The first-order chi connectivity index (χ1) is 16.7. The van der Waals surface area contributed by atoms with Crippen molar-refractivity contribution in [2.24, 2.45) is 23.7 Å². The molecule has 0 unspecified atom stereocenters. The van der Waals surface area contributed by atoms with Gasteiger partial charge in [-0.15, -0.1) is 11.3 Å². The first-order valence-corrected chi connectivity index (χ1v) is 15.8. The Labute approximate surface area is 219 Å². The molecule has 35 heavy (non-hydrogen) atoms. The molecule has 4 saturated carbocycles. The Hall–Kier alpha value is -1.14.